The summed E-state index contributed by atoms with van der Waals surface area (Å²) in [6.45, 7) is 6.33. The second kappa shape index (κ2) is 1.44. The van der Waals surface area contributed by atoms with Gasteiger partial charge in [-0.2, -0.15) is 0 Å². The fraction of sp³-hybridized carbons (Fsp3) is 0.571. The third-order valence-corrected chi connectivity index (χ3v) is 1.69. The van der Waals surface area contributed by atoms with Crippen LogP contribution in [0.5, 0.6) is 0 Å². The summed E-state index contributed by atoms with van der Waals surface area (Å²) in [6, 6.07) is 0. The van der Waals surface area contributed by atoms with Gasteiger partial charge in [0, 0.05) is 6.21 Å². The number of rotatable bonds is 0. The second-order valence-electron chi connectivity index (χ2n) is 2.69. The topological polar surface area (TPSA) is 12.4 Å². The molecule has 44 valence electrons. The molecule has 1 nitrogen and oxygen atoms in total. The first kappa shape index (κ1) is 5.54. The SMILES string of the molecule is CC1=CC=NC1(C)C. The van der Waals surface area contributed by atoms with E-state index in [1.165, 1.54) is 5.57 Å². The quantitative estimate of drug-likeness (QED) is 0.449. The van der Waals surface area contributed by atoms with E-state index < -0.39 is 0 Å². The molecular weight excluding hydrogens is 98.1 g/mol. The van der Waals surface area contributed by atoms with E-state index >= 15 is 0 Å². The van der Waals surface area contributed by atoms with Crippen LogP contribution in [0.4, 0.5) is 0 Å². The molecule has 0 aromatic carbocycles. The van der Waals surface area contributed by atoms with Crippen LogP contribution in [0, 0.1) is 0 Å². The fourth-order valence-electron chi connectivity index (χ4n) is 0.641. The van der Waals surface area contributed by atoms with Crippen molar-refractivity contribution < 1.29 is 0 Å². The van der Waals surface area contributed by atoms with Crippen LogP contribution in [0.2, 0.25) is 0 Å². The predicted octanol–water partition coefficient (Wildman–Crippen LogP) is 1.80. The highest BCUT2D eigenvalue weighted by molar-refractivity contribution is 5.76. The highest BCUT2D eigenvalue weighted by Gasteiger charge is 2.19. The van der Waals surface area contributed by atoms with Crippen LogP contribution in [-0.2, 0) is 0 Å². The minimum atomic E-state index is 0.0833. The zero-order valence-corrected chi connectivity index (χ0v) is 5.60. The summed E-state index contributed by atoms with van der Waals surface area (Å²) in [5.74, 6) is 0. The average Bonchev–Trinajstić information content (AvgIpc) is 1.86. The Bertz CT molecular complexity index is 152. The molecule has 0 atom stereocenters. The molecular formula is C7H11N. The van der Waals surface area contributed by atoms with E-state index in [9.17, 15) is 0 Å². The summed E-state index contributed by atoms with van der Waals surface area (Å²) >= 11 is 0. The van der Waals surface area contributed by atoms with Gasteiger partial charge in [0.1, 0.15) is 0 Å². The molecule has 0 aliphatic carbocycles. The van der Waals surface area contributed by atoms with Crippen molar-refractivity contribution in [2.45, 2.75) is 26.3 Å². The van der Waals surface area contributed by atoms with Gasteiger partial charge in [-0.15, -0.1) is 0 Å². The van der Waals surface area contributed by atoms with Crippen LogP contribution in [0.15, 0.2) is 16.6 Å². The van der Waals surface area contributed by atoms with Gasteiger partial charge in [0.2, 0.25) is 0 Å². The molecule has 0 aromatic rings. The van der Waals surface area contributed by atoms with Crippen molar-refractivity contribution in [3.8, 4) is 0 Å². The molecule has 0 spiro atoms. The van der Waals surface area contributed by atoms with E-state index in [2.05, 4.69) is 31.8 Å². The lowest BCUT2D eigenvalue weighted by molar-refractivity contribution is 0.630. The minimum Gasteiger partial charge on any atom is -0.283 e. The third kappa shape index (κ3) is 0.683. The molecule has 1 aliphatic heterocycles. The van der Waals surface area contributed by atoms with E-state index in [-0.39, 0.29) is 5.54 Å². The number of aliphatic imine (C=N–C) groups is 1. The Morgan fingerprint density at radius 1 is 1.50 bits per heavy atom. The largest absolute Gasteiger partial charge is 0.283 e. The molecule has 8 heavy (non-hydrogen) atoms. The van der Waals surface area contributed by atoms with Gasteiger partial charge in [0.05, 0.1) is 5.54 Å². The van der Waals surface area contributed by atoms with Gasteiger partial charge >= 0.3 is 0 Å². The van der Waals surface area contributed by atoms with Crippen molar-refractivity contribution >= 4 is 6.21 Å². The minimum absolute atomic E-state index is 0.0833. The first-order valence-corrected chi connectivity index (χ1v) is 2.85. The highest BCUT2D eigenvalue weighted by atomic mass is 14.8. The summed E-state index contributed by atoms with van der Waals surface area (Å²) in [5.41, 5.74) is 1.43. The van der Waals surface area contributed by atoms with Gasteiger partial charge in [-0.05, 0) is 32.4 Å². The highest BCUT2D eigenvalue weighted by Crippen LogP contribution is 2.22. The predicted molar refractivity (Wildman–Crippen MR) is 36.3 cm³/mol. The Kier molecular flexibility index (Phi) is 0.999. The van der Waals surface area contributed by atoms with Crippen molar-refractivity contribution in [1.29, 1.82) is 0 Å². The van der Waals surface area contributed by atoms with Gasteiger partial charge in [-0.1, -0.05) is 0 Å². The molecule has 0 amide bonds. The van der Waals surface area contributed by atoms with Crippen molar-refractivity contribution in [2.24, 2.45) is 4.99 Å². The summed E-state index contributed by atoms with van der Waals surface area (Å²) in [4.78, 5) is 4.23. The molecule has 0 saturated heterocycles. The van der Waals surface area contributed by atoms with E-state index in [0.717, 1.165) is 0 Å². The number of hydrogen-bond donors (Lipinski definition) is 0. The summed E-state index contributed by atoms with van der Waals surface area (Å²) in [6.07, 6.45) is 3.93. The van der Waals surface area contributed by atoms with Gasteiger partial charge in [-0.25, -0.2) is 0 Å². The maximum absolute atomic E-state index is 4.23. The Morgan fingerprint density at radius 3 is 2.25 bits per heavy atom. The summed E-state index contributed by atoms with van der Waals surface area (Å²) in [5, 5.41) is 0. The van der Waals surface area contributed by atoms with E-state index in [4.69, 9.17) is 0 Å². The summed E-state index contributed by atoms with van der Waals surface area (Å²) < 4.78 is 0. The summed E-state index contributed by atoms with van der Waals surface area (Å²) in [7, 11) is 0. The maximum atomic E-state index is 4.23. The van der Waals surface area contributed by atoms with Gasteiger partial charge < -0.3 is 0 Å². The number of nitrogens with zero attached hydrogens (tertiary/aromatic N) is 1. The Morgan fingerprint density at radius 2 is 2.12 bits per heavy atom. The van der Waals surface area contributed by atoms with Gasteiger partial charge in [0.15, 0.2) is 0 Å². The molecule has 0 radical (unpaired) electrons. The zero-order valence-electron chi connectivity index (χ0n) is 5.60. The number of allylic oxidation sites excluding steroid dienone is 1. The molecule has 0 saturated carbocycles. The molecule has 0 fully saturated rings. The molecule has 0 unspecified atom stereocenters. The standard InChI is InChI=1S/C7H11N/c1-6-4-5-8-7(6,2)3/h4-5H,1-3H3. The van der Waals surface area contributed by atoms with Crippen LogP contribution in [0.1, 0.15) is 20.8 Å². The molecule has 0 N–H and O–H groups in total. The first-order valence-electron chi connectivity index (χ1n) is 2.85. The maximum Gasteiger partial charge on any atom is 0.0761 e. The van der Waals surface area contributed by atoms with Crippen molar-refractivity contribution in [3.05, 3.63) is 11.6 Å². The lowest BCUT2D eigenvalue weighted by Crippen LogP contribution is -2.14. The number of hydrogen-bond acceptors (Lipinski definition) is 1. The lowest BCUT2D eigenvalue weighted by Gasteiger charge is -2.14. The van der Waals surface area contributed by atoms with Crippen LogP contribution < -0.4 is 0 Å². The fourth-order valence-corrected chi connectivity index (χ4v) is 0.641. The normalized spacial score (nSPS) is 23.6. The third-order valence-electron chi connectivity index (χ3n) is 1.69. The van der Waals surface area contributed by atoms with Crippen LogP contribution in [0.25, 0.3) is 0 Å². The lowest BCUT2D eigenvalue weighted by atomic mass is 9.99. The van der Waals surface area contributed by atoms with Crippen LogP contribution >= 0.6 is 0 Å². The average molecular weight is 109 g/mol. The molecule has 1 heterocycles. The first-order chi connectivity index (χ1) is 3.63. The molecule has 1 aliphatic rings. The van der Waals surface area contributed by atoms with Crippen molar-refractivity contribution in [1.82, 2.24) is 0 Å². The molecule has 1 rings (SSSR count). The van der Waals surface area contributed by atoms with Gasteiger partial charge in [-0.3, -0.25) is 4.99 Å². The molecule has 0 bridgehead atoms. The van der Waals surface area contributed by atoms with E-state index in [0.29, 0.717) is 0 Å². The van der Waals surface area contributed by atoms with E-state index in [1.807, 2.05) is 6.21 Å². The van der Waals surface area contributed by atoms with E-state index in [1.54, 1.807) is 0 Å². The Balaban J connectivity index is 2.87. The molecule has 1 heteroatoms. The smallest absolute Gasteiger partial charge is 0.0761 e. The van der Waals surface area contributed by atoms with Gasteiger partial charge in [0.25, 0.3) is 0 Å². The monoisotopic (exact) mass is 109 g/mol. The Hall–Kier alpha value is -0.590. The Labute approximate surface area is 50.1 Å². The molecule has 0 aromatic heterocycles. The van der Waals surface area contributed by atoms with Crippen LogP contribution in [0.3, 0.4) is 0 Å². The van der Waals surface area contributed by atoms with Crippen molar-refractivity contribution in [3.63, 3.8) is 0 Å². The van der Waals surface area contributed by atoms with Crippen molar-refractivity contribution in [2.75, 3.05) is 0 Å². The van der Waals surface area contributed by atoms with Crippen LogP contribution in [-0.4, -0.2) is 11.8 Å². The second-order valence-corrected chi connectivity index (χ2v) is 2.69. The zero-order chi connectivity index (χ0) is 6.20.